The Morgan fingerprint density at radius 1 is 1.15 bits per heavy atom. The minimum absolute atomic E-state index is 0.152. The lowest BCUT2D eigenvalue weighted by atomic mass is 10.1. The summed E-state index contributed by atoms with van der Waals surface area (Å²) in [5, 5.41) is 0.279. The minimum atomic E-state index is -1.03. The highest BCUT2D eigenvalue weighted by Gasteiger charge is 2.41. The van der Waals surface area contributed by atoms with Gasteiger partial charge in [-0.15, -0.1) is 0 Å². The van der Waals surface area contributed by atoms with Crippen LogP contribution >= 0.6 is 35.0 Å². The third kappa shape index (κ3) is 5.63. The molecule has 0 aliphatic carbocycles. The molecule has 1 heterocycles. The zero-order valence-electron chi connectivity index (χ0n) is 18.1. The molecule has 2 aromatic rings. The second-order valence-corrected chi connectivity index (χ2v) is 8.70. The Kier molecular flexibility index (Phi) is 8.29. The molecule has 1 atom stereocenters. The average molecular weight is 510 g/mol. The molecule has 0 bridgehead atoms. The van der Waals surface area contributed by atoms with Gasteiger partial charge >= 0.3 is 5.97 Å². The Balaban J connectivity index is 1.88. The molecule has 1 saturated heterocycles. The van der Waals surface area contributed by atoms with Crippen LogP contribution in [-0.2, 0) is 20.9 Å². The number of rotatable bonds is 8. The van der Waals surface area contributed by atoms with Crippen molar-refractivity contribution in [3.8, 4) is 11.5 Å². The number of amides is 2. The molecule has 1 aliphatic rings. The predicted molar refractivity (Wildman–Crippen MR) is 128 cm³/mol. The molecule has 2 amide bonds. The average Bonchev–Trinajstić information content (AvgIpc) is 3.06. The summed E-state index contributed by atoms with van der Waals surface area (Å²) in [5.41, 5.74) is 1.32. The third-order valence-electron chi connectivity index (χ3n) is 4.71. The molecule has 10 heteroatoms. The molecule has 0 unspecified atom stereocenters. The highest BCUT2D eigenvalue weighted by molar-refractivity contribution is 8.18. The van der Waals surface area contributed by atoms with E-state index in [1.165, 1.54) is 20.1 Å². The summed E-state index contributed by atoms with van der Waals surface area (Å²) in [4.78, 5) is 37.9. The topological polar surface area (TPSA) is 82.1 Å². The van der Waals surface area contributed by atoms with Crippen LogP contribution in [-0.4, -0.2) is 41.8 Å². The van der Waals surface area contributed by atoms with Gasteiger partial charge in [0.15, 0.2) is 11.5 Å². The Hall–Kier alpha value is -2.68. The van der Waals surface area contributed by atoms with Crippen molar-refractivity contribution in [2.75, 3.05) is 13.7 Å². The van der Waals surface area contributed by atoms with E-state index in [2.05, 4.69) is 4.74 Å². The lowest BCUT2D eigenvalue weighted by molar-refractivity contribution is -0.148. The van der Waals surface area contributed by atoms with Gasteiger partial charge in [-0.25, -0.2) is 4.79 Å². The molecule has 174 valence electrons. The standard InChI is InChI=1S/C23H21Cl2NO6S/c1-4-31-18-10-14(9-17(25)20(18)32-12-15-7-5-6-8-16(15)24)11-19-21(27)26(23(29)33-19)13(2)22(28)30-3/h5-11,13H,4,12H2,1-3H3/b19-11+/t13-/m1/s1. The van der Waals surface area contributed by atoms with Gasteiger partial charge in [0.05, 0.1) is 23.6 Å². The number of esters is 1. The second-order valence-electron chi connectivity index (χ2n) is 6.89. The first kappa shape index (κ1) is 25.0. The van der Waals surface area contributed by atoms with Gasteiger partial charge in [0, 0.05) is 10.6 Å². The molecule has 3 rings (SSSR count). The van der Waals surface area contributed by atoms with E-state index in [9.17, 15) is 14.4 Å². The molecule has 1 fully saturated rings. The van der Waals surface area contributed by atoms with E-state index in [0.717, 1.165) is 22.2 Å². The van der Waals surface area contributed by atoms with Crippen molar-refractivity contribution in [1.82, 2.24) is 4.90 Å². The number of nitrogens with zero attached hydrogens (tertiary/aromatic N) is 1. The Morgan fingerprint density at radius 3 is 2.55 bits per heavy atom. The van der Waals surface area contributed by atoms with Crippen LogP contribution in [0.5, 0.6) is 11.5 Å². The number of hydrogen-bond donors (Lipinski definition) is 0. The lowest BCUT2D eigenvalue weighted by Crippen LogP contribution is -2.42. The number of methoxy groups -OCH3 is 1. The van der Waals surface area contributed by atoms with Crippen LogP contribution in [0.3, 0.4) is 0 Å². The fourth-order valence-corrected chi connectivity index (χ4v) is 4.45. The molecule has 1 aliphatic heterocycles. The Morgan fingerprint density at radius 2 is 1.88 bits per heavy atom. The maximum Gasteiger partial charge on any atom is 0.328 e. The Bertz CT molecular complexity index is 1120. The summed E-state index contributed by atoms with van der Waals surface area (Å²) in [5.74, 6) is -0.551. The van der Waals surface area contributed by atoms with E-state index in [0.29, 0.717) is 28.7 Å². The lowest BCUT2D eigenvalue weighted by Gasteiger charge is -2.18. The van der Waals surface area contributed by atoms with Crippen LogP contribution in [0.1, 0.15) is 25.0 Å². The predicted octanol–water partition coefficient (Wildman–Crippen LogP) is 5.57. The monoisotopic (exact) mass is 509 g/mol. The smallest absolute Gasteiger partial charge is 0.328 e. The first-order chi connectivity index (χ1) is 15.8. The highest BCUT2D eigenvalue weighted by Crippen LogP contribution is 2.40. The molecular weight excluding hydrogens is 489 g/mol. The Labute approximate surface area is 205 Å². The van der Waals surface area contributed by atoms with Crippen molar-refractivity contribution in [3.05, 3.63) is 62.5 Å². The quantitative estimate of drug-likeness (QED) is 0.339. The molecule has 33 heavy (non-hydrogen) atoms. The van der Waals surface area contributed by atoms with Gasteiger partial charge in [0.2, 0.25) is 0 Å². The highest BCUT2D eigenvalue weighted by atomic mass is 35.5. The van der Waals surface area contributed by atoms with Gasteiger partial charge in [-0.3, -0.25) is 14.5 Å². The van der Waals surface area contributed by atoms with E-state index in [1.807, 2.05) is 25.1 Å². The molecule has 2 aromatic carbocycles. The largest absolute Gasteiger partial charge is 0.490 e. The van der Waals surface area contributed by atoms with Crippen molar-refractivity contribution in [3.63, 3.8) is 0 Å². The maximum atomic E-state index is 12.7. The van der Waals surface area contributed by atoms with Gasteiger partial charge in [-0.1, -0.05) is 41.4 Å². The number of carbonyl (C=O) groups is 3. The second kappa shape index (κ2) is 11.0. The number of benzene rings is 2. The van der Waals surface area contributed by atoms with Crippen LogP contribution in [0.15, 0.2) is 41.3 Å². The fraction of sp³-hybridized carbons (Fsp3) is 0.261. The number of ether oxygens (including phenoxy) is 3. The van der Waals surface area contributed by atoms with E-state index in [-0.39, 0.29) is 16.5 Å². The molecule has 0 saturated carbocycles. The van der Waals surface area contributed by atoms with E-state index < -0.39 is 23.2 Å². The zero-order valence-corrected chi connectivity index (χ0v) is 20.4. The van der Waals surface area contributed by atoms with Crippen LogP contribution < -0.4 is 9.47 Å². The molecular formula is C23H21Cl2NO6S. The van der Waals surface area contributed by atoms with Crippen LogP contribution in [0.25, 0.3) is 6.08 Å². The first-order valence-corrected chi connectivity index (χ1v) is 11.5. The number of thioether (sulfide) groups is 1. The number of carbonyl (C=O) groups excluding carboxylic acids is 3. The van der Waals surface area contributed by atoms with Gasteiger partial charge in [-0.05, 0) is 55.4 Å². The molecule has 0 spiro atoms. The van der Waals surface area contributed by atoms with Crippen molar-refractivity contribution in [2.45, 2.75) is 26.5 Å². The summed E-state index contributed by atoms with van der Waals surface area (Å²) in [7, 11) is 1.19. The van der Waals surface area contributed by atoms with Crippen molar-refractivity contribution in [2.24, 2.45) is 0 Å². The van der Waals surface area contributed by atoms with Gasteiger partial charge in [0.25, 0.3) is 11.1 Å². The molecule has 0 aromatic heterocycles. The maximum absolute atomic E-state index is 12.7. The summed E-state index contributed by atoms with van der Waals surface area (Å²) in [6.45, 7) is 3.79. The number of halogens is 2. The zero-order chi connectivity index (χ0) is 24.1. The number of hydrogen-bond acceptors (Lipinski definition) is 7. The first-order valence-electron chi connectivity index (χ1n) is 9.94. The van der Waals surface area contributed by atoms with Crippen LogP contribution in [0, 0.1) is 0 Å². The van der Waals surface area contributed by atoms with Gasteiger partial charge in [0.1, 0.15) is 12.6 Å². The summed E-state index contributed by atoms with van der Waals surface area (Å²) in [6.07, 6.45) is 1.52. The van der Waals surface area contributed by atoms with Crippen molar-refractivity contribution < 1.29 is 28.6 Å². The van der Waals surface area contributed by atoms with Crippen molar-refractivity contribution >= 4 is 58.2 Å². The van der Waals surface area contributed by atoms with Crippen LogP contribution in [0.2, 0.25) is 10.0 Å². The summed E-state index contributed by atoms with van der Waals surface area (Å²) < 4.78 is 16.2. The van der Waals surface area contributed by atoms with E-state index in [4.69, 9.17) is 32.7 Å². The minimum Gasteiger partial charge on any atom is -0.490 e. The van der Waals surface area contributed by atoms with Gasteiger partial charge in [-0.2, -0.15) is 0 Å². The van der Waals surface area contributed by atoms with Gasteiger partial charge < -0.3 is 14.2 Å². The SMILES string of the molecule is CCOc1cc(/C=C2/SC(=O)N([C@H](C)C(=O)OC)C2=O)cc(Cl)c1OCc1ccccc1Cl. The summed E-state index contributed by atoms with van der Waals surface area (Å²) >= 11 is 13.4. The van der Waals surface area contributed by atoms with Crippen molar-refractivity contribution in [1.29, 1.82) is 0 Å². The molecule has 7 nitrogen and oxygen atoms in total. The third-order valence-corrected chi connectivity index (χ3v) is 6.25. The molecule has 0 radical (unpaired) electrons. The van der Waals surface area contributed by atoms with E-state index in [1.54, 1.807) is 18.2 Å². The summed E-state index contributed by atoms with van der Waals surface area (Å²) in [6, 6.07) is 9.52. The fourth-order valence-electron chi connectivity index (χ4n) is 3.08. The van der Waals surface area contributed by atoms with Crippen LogP contribution in [0.4, 0.5) is 4.79 Å². The normalized spacial score (nSPS) is 15.7. The molecule has 0 N–H and O–H groups in total. The van der Waals surface area contributed by atoms with E-state index >= 15 is 0 Å². The number of imide groups is 1.